The van der Waals surface area contributed by atoms with Crippen molar-refractivity contribution in [2.24, 2.45) is 0 Å². The average Bonchev–Trinajstić information content (AvgIpc) is 2.44. The molecule has 0 saturated carbocycles. The minimum Gasteiger partial charge on any atom is -0.488 e. The zero-order valence-electron chi connectivity index (χ0n) is 11.8. The van der Waals surface area contributed by atoms with Crippen LogP contribution in [0.15, 0.2) is 24.3 Å². The summed E-state index contributed by atoms with van der Waals surface area (Å²) < 4.78 is 16.5. The average molecular weight is 266 g/mol. The van der Waals surface area contributed by atoms with Crippen LogP contribution >= 0.6 is 0 Å². The van der Waals surface area contributed by atoms with Crippen molar-refractivity contribution in [1.29, 1.82) is 0 Å². The van der Waals surface area contributed by atoms with Crippen LogP contribution in [0.1, 0.15) is 37.6 Å². The molecule has 4 nitrogen and oxygen atoms in total. The summed E-state index contributed by atoms with van der Waals surface area (Å²) in [5, 5.41) is 0. The maximum absolute atomic E-state index is 11.8. The van der Waals surface area contributed by atoms with Crippen LogP contribution in [-0.4, -0.2) is 31.9 Å². The van der Waals surface area contributed by atoms with Crippen molar-refractivity contribution in [1.82, 2.24) is 0 Å². The molecule has 0 saturated heterocycles. The lowest BCUT2D eigenvalue weighted by atomic mass is 10.1. The van der Waals surface area contributed by atoms with Gasteiger partial charge in [0.05, 0.1) is 5.56 Å². The van der Waals surface area contributed by atoms with Crippen molar-refractivity contribution in [2.75, 3.05) is 19.8 Å². The third-order valence-electron chi connectivity index (χ3n) is 2.59. The molecule has 0 aromatic heterocycles. The van der Waals surface area contributed by atoms with E-state index in [0.29, 0.717) is 30.9 Å². The summed E-state index contributed by atoms with van der Waals surface area (Å²) in [6, 6.07) is 7.24. The van der Waals surface area contributed by atoms with Gasteiger partial charge in [0, 0.05) is 19.6 Å². The molecule has 106 valence electrons. The monoisotopic (exact) mass is 266 g/mol. The number of para-hydroxylation sites is 1. The van der Waals surface area contributed by atoms with Gasteiger partial charge >= 0.3 is 0 Å². The second kappa shape index (κ2) is 8.67. The van der Waals surface area contributed by atoms with Crippen LogP contribution in [0, 0.1) is 0 Å². The molecule has 1 rings (SSSR count). The van der Waals surface area contributed by atoms with Gasteiger partial charge in [0.15, 0.2) is 12.1 Å². The molecule has 0 N–H and O–H groups in total. The van der Waals surface area contributed by atoms with Crippen molar-refractivity contribution in [2.45, 2.75) is 33.5 Å². The summed E-state index contributed by atoms with van der Waals surface area (Å²) in [6.07, 6.45) is 0.0561. The van der Waals surface area contributed by atoms with Crippen LogP contribution in [0.4, 0.5) is 0 Å². The molecule has 0 unspecified atom stereocenters. The predicted octanol–water partition coefficient (Wildman–Crippen LogP) is 3.06. The molecule has 0 aliphatic heterocycles. The van der Waals surface area contributed by atoms with E-state index in [-0.39, 0.29) is 12.4 Å². The molecular formula is C15H22O4. The quantitative estimate of drug-likeness (QED) is 0.509. The normalized spacial score (nSPS) is 10.7. The van der Waals surface area contributed by atoms with E-state index >= 15 is 0 Å². The van der Waals surface area contributed by atoms with Crippen LogP contribution in [0.3, 0.4) is 0 Å². The van der Waals surface area contributed by atoms with Crippen molar-refractivity contribution >= 4 is 5.78 Å². The minimum atomic E-state index is -0.403. The highest BCUT2D eigenvalue weighted by molar-refractivity contribution is 5.98. The lowest BCUT2D eigenvalue weighted by Gasteiger charge is -2.18. The molecule has 0 fully saturated rings. The third kappa shape index (κ3) is 5.01. The first-order valence-electron chi connectivity index (χ1n) is 6.71. The summed E-state index contributed by atoms with van der Waals surface area (Å²) in [6.45, 7) is 7.03. The van der Waals surface area contributed by atoms with E-state index < -0.39 is 6.29 Å². The number of Topliss-reactive ketones (excluding diaryl/α,β-unsaturated/α-hetero) is 1. The largest absolute Gasteiger partial charge is 0.488 e. The van der Waals surface area contributed by atoms with E-state index in [2.05, 4.69) is 0 Å². The Morgan fingerprint density at radius 1 is 1.11 bits per heavy atom. The molecule has 0 amide bonds. The molecule has 1 aromatic rings. The van der Waals surface area contributed by atoms with Crippen LogP contribution in [0.5, 0.6) is 5.75 Å². The Labute approximate surface area is 114 Å². The van der Waals surface area contributed by atoms with Gasteiger partial charge in [-0.05, 0) is 26.0 Å². The Hall–Kier alpha value is -1.39. The second-order valence-corrected chi connectivity index (χ2v) is 3.92. The van der Waals surface area contributed by atoms with E-state index in [9.17, 15) is 4.79 Å². The molecular weight excluding hydrogens is 244 g/mol. The third-order valence-corrected chi connectivity index (χ3v) is 2.59. The van der Waals surface area contributed by atoms with Gasteiger partial charge in [-0.25, -0.2) is 0 Å². The lowest BCUT2D eigenvalue weighted by Crippen LogP contribution is -2.25. The van der Waals surface area contributed by atoms with Gasteiger partial charge in [0.2, 0.25) is 0 Å². The van der Waals surface area contributed by atoms with E-state index in [0.717, 1.165) is 0 Å². The van der Waals surface area contributed by atoms with Gasteiger partial charge < -0.3 is 14.2 Å². The van der Waals surface area contributed by atoms with Gasteiger partial charge in [-0.15, -0.1) is 0 Å². The molecule has 19 heavy (non-hydrogen) atoms. The Bertz CT molecular complexity index is 383. The van der Waals surface area contributed by atoms with Gasteiger partial charge in [-0.2, -0.15) is 0 Å². The molecule has 1 aromatic carbocycles. The first-order chi connectivity index (χ1) is 9.22. The van der Waals surface area contributed by atoms with Crippen molar-refractivity contribution in [3.8, 4) is 5.75 Å². The SMILES string of the molecule is CCOC(COc1ccccc1C(=O)CC)OCC. The number of rotatable bonds is 9. The highest BCUT2D eigenvalue weighted by Gasteiger charge is 2.13. The molecule has 0 spiro atoms. The Morgan fingerprint density at radius 2 is 1.74 bits per heavy atom. The van der Waals surface area contributed by atoms with Crippen LogP contribution in [-0.2, 0) is 9.47 Å². The number of hydrogen-bond donors (Lipinski definition) is 0. The summed E-state index contributed by atoms with van der Waals surface area (Å²) >= 11 is 0. The predicted molar refractivity (Wildman–Crippen MR) is 73.6 cm³/mol. The summed E-state index contributed by atoms with van der Waals surface area (Å²) in [7, 11) is 0. The van der Waals surface area contributed by atoms with Crippen LogP contribution < -0.4 is 4.74 Å². The van der Waals surface area contributed by atoms with Crippen molar-refractivity contribution < 1.29 is 19.0 Å². The van der Waals surface area contributed by atoms with Crippen molar-refractivity contribution in [3.63, 3.8) is 0 Å². The highest BCUT2D eigenvalue weighted by atomic mass is 16.7. The molecule has 0 atom stereocenters. The number of ether oxygens (including phenoxy) is 3. The molecule has 0 radical (unpaired) electrons. The number of hydrogen-bond acceptors (Lipinski definition) is 4. The van der Waals surface area contributed by atoms with Gasteiger partial charge in [0.25, 0.3) is 0 Å². The van der Waals surface area contributed by atoms with Crippen LogP contribution in [0.25, 0.3) is 0 Å². The smallest absolute Gasteiger partial charge is 0.191 e. The molecule has 0 aliphatic rings. The van der Waals surface area contributed by atoms with Gasteiger partial charge in [-0.3, -0.25) is 4.79 Å². The number of benzene rings is 1. The molecule has 4 heteroatoms. The summed E-state index contributed by atoms with van der Waals surface area (Å²) in [5.74, 6) is 0.652. The van der Waals surface area contributed by atoms with Gasteiger partial charge in [-0.1, -0.05) is 19.1 Å². The lowest BCUT2D eigenvalue weighted by molar-refractivity contribution is -0.152. The fourth-order valence-electron chi connectivity index (χ4n) is 1.69. The standard InChI is InChI=1S/C15H22O4/c1-4-13(16)12-9-7-8-10-14(12)19-11-15(17-5-2)18-6-3/h7-10,15H,4-6,11H2,1-3H3. The van der Waals surface area contributed by atoms with E-state index in [4.69, 9.17) is 14.2 Å². The van der Waals surface area contributed by atoms with Crippen LogP contribution in [0.2, 0.25) is 0 Å². The number of ketones is 1. The summed E-state index contributed by atoms with van der Waals surface area (Å²) in [4.78, 5) is 11.8. The highest BCUT2D eigenvalue weighted by Crippen LogP contribution is 2.20. The first kappa shape index (κ1) is 15.7. The number of carbonyl (C=O) groups is 1. The molecule has 0 bridgehead atoms. The first-order valence-corrected chi connectivity index (χ1v) is 6.71. The Balaban J connectivity index is 2.68. The molecule has 0 heterocycles. The van der Waals surface area contributed by atoms with E-state index in [1.165, 1.54) is 0 Å². The second-order valence-electron chi connectivity index (χ2n) is 3.92. The topological polar surface area (TPSA) is 44.8 Å². The Morgan fingerprint density at radius 3 is 2.32 bits per heavy atom. The molecule has 0 aliphatic carbocycles. The fourth-order valence-corrected chi connectivity index (χ4v) is 1.69. The maximum Gasteiger partial charge on any atom is 0.191 e. The maximum atomic E-state index is 11.8. The van der Waals surface area contributed by atoms with E-state index in [1.54, 1.807) is 12.1 Å². The minimum absolute atomic E-state index is 0.0694. The number of carbonyl (C=O) groups excluding carboxylic acids is 1. The zero-order valence-corrected chi connectivity index (χ0v) is 11.8. The van der Waals surface area contributed by atoms with Gasteiger partial charge in [0.1, 0.15) is 12.4 Å². The Kier molecular flexibility index (Phi) is 7.15. The zero-order chi connectivity index (χ0) is 14.1. The fraction of sp³-hybridized carbons (Fsp3) is 0.533. The summed E-state index contributed by atoms with van der Waals surface area (Å²) in [5.41, 5.74) is 0.608. The van der Waals surface area contributed by atoms with E-state index in [1.807, 2.05) is 32.9 Å². The van der Waals surface area contributed by atoms with Crippen molar-refractivity contribution in [3.05, 3.63) is 29.8 Å².